The van der Waals surface area contributed by atoms with E-state index in [4.69, 9.17) is 27.9 Å². The largest absolute Gasteiger partial charge is 0.507 e. The number of phenolic OH excluding ortho intramolecular Hbond substituents is 1. The van der Waals surface area contributed by atoms with Crippen molar-refractivity contribution in [3.8, 4) is 11.5 Å². The van der Waals surface area contributed by atoms with Gasteiger partial charge in [0.05, 0.1) is 35.0 Å². The van der Waals surface area contributed by atoms with Gasteiger partial charge in [-0.05, 0) is 42.3 Å². The molecule has 3 aromatic carbocycles. The number of aliphatic hydroxyl groups is 1. The molecule has 0 radical (unpaired) electrons. The number of ketones is 1. The second-order valence-corrected chi connectivity index (χ2v) is 8.38. The zero-order chi connectivity index (χ0) is 23.9. The molecule has 0 spiro atoms. The molecule has 1 fully saturated rings. The molecule has 1 heterocycles. The molecular formula is C25H19Cl2NO5. The van der Waals surface area contributed by atoms with Gasteiger partial charge in [-0.1, -0.05) is 59.6 Å². The van der Waals surface area contributed by atoms with E-state index in [1.807, 2.05) is 0 Å². The van der Waals surface area contributed by atoms with E-state index in [1.54, 1.807) is 49.4 Å². The standard InChI is InChI=1S/C25H19Cl2NO5/c1-13-8-9-19(29)18(10-13)28-21(14-6-4-3-5-7-14)20(23(31)25(28)32)22(30)16-11-15(26)12-17(27)24(16)33-2/h3-12,21,29-30H,1-2H3/b22-20+. The molecule has 0 aliphatic carbocycles. The number of anilines is 1. The fourth-order valence-corrected chi connectivity index (χ4v) is 4.52. The summed E-state index contributed by atoms with van der Waals surface area (Å²) < 4.78 is 5.33. The number of nitrogens with zero attached hydrogens (tertiary/aromatic N) is 1. The first-order chi connectivity index (χ1) is 15.7. The molecule has 1 aliphatic heterocycles. The summed E-state index contributed by atoms with van der Waals surface area (Å²) in [6.07, 6.45) is 0. The van der Waals surface area contributed by atoms with Gasteiger partial charge in [-0.2, -0.15) is 0 Å². The fourth-order valence-electron chi connectivity index (χ4n) is 3.95. The minimum Gasteiger partial charge on any atom is -0.507 e. The van der Waals surface area contributed by atoms with E-state index < -0.39 is 23.5 Å². The van der Waals surface area contributed by atoms with Crippen LogP contribution < -0.4 is 9.64 Å². The Balaban J connectivity index is 2.03. The summed E-state index contributed by atoms with van der Waals surface area (Å²) in [4.78, 5) is 27.7. The van der Waals surface area contributed by atoms with Crippen molar-refractivity contribution in [1.29, 1.82) is 0 Å². The van der Waals surface area contributed by atoms with Crippen LogP contribution in [0.3, 0.4) is 0 Å². The maximum Gasteiger partial charge on any atom is 0.300 e. The lowest BCUT2D eigenvalue weighted by atomic mass is 9.94. The number of Topliss-reactive ketones (excluding diaryl/α,β-unsaturated/α-hetero) is 1. The van der Waals surface area contributed by atoms with Gasteiger partial charge in [0.15, 0.2) is 0 Å². The zero-order valence-electron chi connectivity index (χ0n) is 17.7. The number of phenols is 1. The van der Waals surface area contributed by atoms with Crippen molar-refractivity contribution in [2.75, 3.05) is 12.0 Å². The van der Waals surface area contributed by atoms with Crippen LogP contribution in [0.1, 0.15) is 22.7 Å². The van der Waals surface area contributed by atoms with Gasteiger partial charge in [-0.25, -0.2) is 0 Å². The molecule has 33 heavy (non-hydrogen) atoms. The third-order valence-electron chi connectivity index (χ3n) is 5.42. The Labute approximate surface area is 200 Å². The van der Waals surface area contributed by atoms with Crippen molar-refractivity contribution in [1.82, 2.24) is 0 Å². The summed E-state index contributed by atoms with van der Waals surface area (Å²) in [6, 6.07) is 15.3. The van der Waals surface area contributed by atoms with Crippen LogP contribution in [0, 0.1) is 6.92 Å². The molecule has 3 aromatic rings. The number of aliphatic hydroxyl groups excluding tert-OH is 1. The van der Waals surface area contributed by atoms with E-state index in [2.05, 4.69) is 0 Å². The van der Waals surface area contributed by atoms with Crippen molar-refractivity contribution in [2.24, 2.45) is 0 Å². The SMILES string of the molecule is COc1c(Cl)cc(Cl)cc1/C(O)=C1\C(=O)C(=O)N(c2cc(C)ccc2O)C1c1ccccc1. The first kappa shape index (κ1) is 22.7. The van der Waals surface area contributed by atoms with Crippen LogP contribution in [-0.4, -0.2) is 29.0 Å². The van der Waals surface area contributed by atoms with Gasteiger partial charge in [0.2, 0.25) is 0 Å². The topological polar surface area (TPSA) is 87.1 Å². The van der Waals surface area contributed by atoms with Crippen molar-refractivity contribution in [3.63, 3.8) is 0 Å². The highest BCUT2D eigenvalue weighted by atomic mass is 35.5. The molecule has 0 aromatic heterocycles. The average Bonchev–Trinajstić information content (AvgIpc) is 3.05. The Kier molecular flexibility index (Phi) is 6.06. The maximum atomic E-state index is 13.3. The number of benzene rings is 3. The molecule has 0 saturated carbocycles. The summed E-state index contributed by atoms with van der Waals surface area (Å²) in [6.45, 7) is 1.80. The van der Waals surface area contributed by atoms with Gasteiger partial charge in [0.25, 0.3) is 11.7 Å². The molecule has 0 bridgehead atoms. The van der Waals surface area contributed by atoms with Gasteiger partial charge in [0, 0.05) is 5.02 Å². The molecule has 8 heteroatoms. The third kappa shape index (κ3) is 3.92. The van der Waals surface area contributed by atoms with E-state index in [9.17, 15) is 19.8 Å². The summed E-state index contributed by atoms with van der Waals surface area (Å²) >= 11 is 12.4. The molecule has 2 N–H and O–H groups in total. The van der Waals surface area contributed by atoms with Crippen LogP contribution in [0.5, 0.6) is 11.5 Å². The summed E-state index contributed by atoms with van der Waals surface area (Å²) in [5.74, 6) is -2.36. The average molecular weight is 484 g/mol. The molecule has 168 valence electrons. The van der Waals surface area contributed by atoms with Gasteiger partial charge in [-0.15, -0.1) is 0 Å². The number of halogens is 2. The minimum atomic E-state index is -1.01. The first-order valence-corrected chi connectivity index (χ1v) is 10.7. The third-order valence-corrected chi connectivity index (χ3v) is 5.92. The highest BCUT2D eigenvalue weighted by molar-refractivity contribution is 6.52. The van der Waals surface area contributed by atoms with Crippen LogP contribution in [0.4, 0.5) is 5.69 Å². The van der Waals surface area contributed by atoms with Gasteiger partial charge >= 0.3 is 0 Å². The lowest BCUT2D eigenvalue weighted by Gasteiger charge is -2.26. The van der Waals surface area contributed by atoms with E-state index in [0.29, 0.717) is 5.56 Å². The highest BCUT2D eigenvalue weighted by Gasteiger charge is 2.48. The molecule has 1 atom stereocenters. The quantitative estimate of drug-likeness (QED) is 0.284. The molecule has 1 unspecified atom stereocenters. The van der Waals surface area contributed by atoms with Crippen LogP contribution in [0.15, 0.2) is 66.2 Å². The fraction of sp³-hybridized carbons (Fsp3) is 0.120. The van der Waals surface area contributed by atoms with Crippen LogP contribution in [0.25, 0.3) is 5.76 Å². The van der Waals surface area contributed by atoms with Crippen molar-refractivity contribution in [3.05, 3.63) is 93.0 Å². The summed E-state index contributed by atoms with van der Waals surface area (Å²) in [5.41, 5.74) is 1.39. The number of hydrogen-bond acceptors (Lipinski definition) is 5. The number of aromatic hydroxyl groups is 1. The predicted molar refractivity (Wildman–Crippen MR) is 127 cm³/mol. The number of carbonyl (C=O) groups is 2. The van der Waals surface area contributed by atoms with E-state index >= 15 is 0 Å². The lowest BCUT2D eigenvalue weighted by Crippen LogP contribution is -2.29. The van der Waals surface area contributed by atoms with Crippen molar-refractivity contribution >= 4 is 46.3 Å². The van der Waals surface area contributed by atoms with Crippen molar-refractivity contribution in [2.45, 2.75) is 13.0 Å². The number of amides is 1. The van der Waals surface area contributed by atoms with Crippen LogP contribution in [0.2, 0.25) is 10.0 Å². The second-order valence-electron chi connectivity index (χ2n) is 7.54. The van der Waals surface area contributed by atoms with E-state index in [-0.39, 0.29) is 38.4 Å². The lowest BCUT2D eigenvalue weighted by molar-refractivity contribution is -0.132. The smallest absolute Gasteiger partial charge is 0.300 e. The van der Waals surface area contributed by atoms with Gasteiger partial charge < -0.3 is 14.9 Å². The number of rotatable bonds is 4. The highest BCUT2D eigenvalue weighted by Crippen LogP contribution is 2.46. The first-order valence-electron chi connectivity index (χ1n) is 9.93. The Morgan fingerprint density at radius 2 is 1.73 bits per heavy atom. The Morgan fingerprint density at radius 1 is 1.03 bits per heavy atom. The molecule has 1 saturated heterocycles. The predicted octanol–water partition coefficient (Wildman–Crippen LogP) is 5.64. The summed E-state index contributed by atoms with van der Waals surface area (Å²) in [7, 11) is 1.37. The van der Waals surface area contributed by atoms with Gasteiger partial charge in [-0.3, -0.25) is 14.5 Å². The number of hydrogen-bond donors (Lipinski definition) is 2. The van der Waals surface area contributed by atoms with Gasteiger partial charge in [0.1, 0.15) is 17.3 Å². The van der Waals surface area contributed by atoms with Crippen LogP contribution >= 0.6 is 23.2 Å². The van der Waals surface area contributed by atoms with E-state index in [1.165, 1.54) is 30.2 Å². The second kappa shape index (κ2) is 8.81. The maximum absolute atomic E-state index is 13.3. The monoisotopic (exact) mass is 483 g/mol. The molecule has 1 amide bonds. The molecule has 1 aliphatic rings. The molecule has 4 rings (SSSR count). The van der Waals surface area contributed by atoms with Crippen molar-refractivity contribution < 1.29 is 24.5 Å². The number of ether oxygens (including phenoxy) is 1. The molecular weight excluding hydrogens is 465 g/mol. The Hall–Kier alpha value is -3.48. The number of carbonyl (C=O) groups excluding carboxylic acids is 2. The number of methoxy groups -OCH3 is 1. The van der Waals surface area contributed by atoms with E-state index in [0.717, 1.165) is 5.56 Å². The Bertz CT molecular complexity index is 1300. The summed E-state index contributed by atoms with van der Waals surface area (Å²) in [5, 5.41) is 22.2. The number of aryl methyl sites for hydroxylation is 1. The zero-order valence-corrected chi connectivity index (χ0v) is 19.2. The molecule has 6 nitrogen and oxygen atoms in total. The normalized spacial score (nSPS) is 17.5. The van der Waals surface area contributed by atoms with Crippen LogP contribution in [-0.2, 0) is 9.59 Å². The minimum absolute atomic E-state index is 0.0717. The Morgan fingerprint density at radius 3 is 2.39 bits per heavy atom.